The normalized spacial score (nSPS) is 14.4. The highest BCUT2D eigenvalue weighted by Gasteiger charge is 2.25. The lowest BCUT2D eigenvalue weighted by molar-refractivity contribution is -0.202. The minimum atomic E-state index is -1.33. The van der Waals surface area contributed by atoms with Crippen LogP contribution in [0.5, 0.6) is 0 Å². The third kappa shape index (κ3) is 3.95. The summed E-state index contributed by atoms with van der Waals surface area (Å²) in [6.45, 7) is 1.65. The zero-order valence-corrected chi connectivity index (χ0v) is 14.5. The van der Waals surface area contributed by atoms with Crippen molar-refractivity contribution in [3.63, 3.8) is 0 Å². The summed E-state index contributed by atoms with van der Waals surface area (Å²) >= 11 is 0. The van der Waals surface area contributed by atoms with Crippen molar-refractivity contribution in [2.24, 2.45) is 0 Å². The van der Waals surface area contributed by atoms with Crippen molar-refractivity contribution < 1.29 is 27.6 Å². The number of carbonyl (C=O) groups is 2. The first-order valence-corrected chi connectivity index (χ1v) is 8.33. The van der Waals surface area contributed by atoms with E-state index >= 15 is 0 Å². The quantitative estimate of drug-likeness (QED) is 0.799. The third-order valence-corrected chi connectivity index (χ3v) is 4.20. The SMILES string of the molecule is Cc1ccc(Nc2c(C=O)cc(CN3OCCCC3=O)c(F)c2F)c(F)c1. The van der Waals surface area contributed by atoms with E-state index in [1.165, 1.54) is 12.1 Å². The molecule has 0 radical (unpaired) electrons. The fourth-order valence-corrected chi connectivity index (χ4v) is 2.78. The van der Waals surface area contributed by atoms with Crippen LogP contribution < -0.4 is 5.32 Å². The topological polar surface area (TPSA) is 58.6 Å². The largest absolute Gasteiger partial charge is 0.350 e. The van der Waals surface area contributed by atoms with Crippen molar-refractivity contribution in [3.05, 3.63) is 58.4 Å². The Kier molecular flexibility index (Phi) is 5.46. The highest BCUT2D eigenvalue weighted by atomic mass is 19.2. The second-order valence-corrected chi connectivity index (χ2v) is 6.22. The van der Waals surface area contributed by atoms with Crippen LogP contribution in [0.15, 0.2) is 24.3 Å². The molecule has 1 fully saturated rings. The molecule has 1 aliphatic heterocycles. The Hall–Kier alpha value is -2.87. The molecule has 2 aromatic rings. The molecule has 8 heteroatoms. The van der Waals surface area contributed by atoms with Gasteiger partial charge in [0.2, 0.25) is 5.91 Å². The van der Waals surface area contributed by atoms with Gasteiger partial charge in [0.1, 0.15) is 5.82 Å². The number of hydrogen-bond acceptors (Lipinski definition) is 4. The summed E-state index contributed by atoms with van der Waals surface area (Å²) in [5.74, 6) is -3.59. The van der Waals surface area contributed by atoms with Crippen LogP contribution in [0, 0.1) is 24.4 Å². The van der Waals surface area contributed by atoms with E-state index in [1.54, 1.807) is 13.0 Å². The second kappa shape index (κ2) is 7.79. The van der Waals surface area contributed by atoms with Gasteiger partial charge < -0.3 is 5.32 Å². The molecule has 1 heterocycles. The Morgan fingerprint density at radius 3 is 2.67 bits per heavy atom. The van der Waals surface area contributed by atoms with Crippen molar-refractivity contribution in [1.82, 2.24) is 5.06 Å². The number of carbonyl (C=O) groups excluding carboxylic acids is 2. The predicted molar refractivity (Wildman–Crippen MR) is 91.9 cm³/mol. The molecular weight excluding hydrogens is 361 g/mol. The van der Waals surface area contributed by atoms with Crippen molar-refractivity contribution in [2.75, 3.05) is 11.9 Å². The maximum Gasteiger partial charge on any atom is 0.246 e. The van der Waals surface area contributed by atoms with Gasteiger partial charge in [-0.3, -0.25) is 14.4 Å². The Morgan fingerprint density at radius 1 is 1.22 bits per heavy atom. The molecule has 0 unspecified atom stereocenters. The van der Waals surface area contributed by atoms with E-state index in [0.29, 0.717) is 24.9 Å². The summed E-state index contributed by atoms with van der Waals surface area (Å²) in [5, 5.41) is 3.38. The molecule has 0 bridgehead atoms. The van der Waals surface area contributed by atoms with Crippen molar-refractivity contribution in [3.8, 4) is 0 Å². The van der Waals surface area contributed by atoms with Crippen LogP contribution in [0.25, 0.3) is 0 Å². The average Bonchev–Trinajstić information content (AvgIpc) is 2.64. The molecule has 142 valence electrons. The zero-order valence-electron chi connectivity index (χ0n) is 14.5. The van der Waals surface area contributed by atoms with Crippen LogP contribution in [-0.2, 0) is 16.2 Å². The first kappa shape index (κ1) is 18.9. The smallest absolute Gasteiger partial charge is 0.246 e. The van der Waals surface area contributed by atoms with Crippen LogP contribution in [0.3, 0.4) is 0 Å². The fraction of sp³-hybridized carbons (Fsp3) is 0.263. The number of rotatable bonds is 5. The molecule has 0 saturated carbocycles. The molecule has 2 aromatic carbocycles. The van der Waals surface area contributed by atoms with Crippen molar-refractivity contribution in [1.29, 1.82) is 0 Å². The van der Waals surface area contributed by atoms with Crippen molar-refractivity contribution >= 4 is 23.6 Å². The summed E-state index contributed by atoms with van der Waals surface area (Å²) in [6, 6.07) is 5.30. The van der Waals surface area contributed by atoms with Gasteiger partial charge in [-0.15, -0.1) is 0 Å². The Morgan fingerprint density at radius 2 is 2.00 bits per heavy atom. The molecule has 0 aliphatic carbocycles. The van der Waals surface area contributed by atoms with Crippen LogP contribution in [-0.4, -0.2) is 23.9 Å². The number of nitrogens with zero attached hydrogens (tertiary/aromatic N) is 1. The molecule has 1 amide bonds. The Labute approximate surface area is 153 Å². The number of anilines is 2. The first-order valence-electron chi connectivity index (χ1n) is 8.33. The van der Waals surface area contributed by atoms with Crippen LogP contribution in [0.4, 0.5) is 24.5 Å². The van der Waals surface area contributed by atoms with E-state index in [0.717, 1.165) is 11.1 Å². The number of aryl methyl sites for hydroxylation is 1. The van der Waals surface area contributed by atoms with Gasteiger partial charge in [-0.2, -0.15) is 0 Å². The van der Waals surface area contributed by atoms with E-state index in [4.69, 9.17) is 4.84 Å². The minimum absolute atomic E-state index is 0.0932. The van der Waals surface area contributed by atoms with Crippen molar-refractivity contribution in [2.45, 2.75) is 26.3 Å². The van der Waals surface area contributed by atoms with E-state index in [1.807, 2.05) is 0 Å². The molecule has 0 aromatic heterocycles. The number of halogens is 3. The number of amides is 1. The first-order chi connectivity index (χ1) is 12.9. The molecule has 0 spiro atoms. The van der Waals surface area contributed by atoms with E-state index in [9.17, 15) is 22.8 Å². The standard InChI is InChI=1S/C19H17F3N2O3/c1-11-4-5-15(14(20)7-11)23-19-13(10-25)8-12(17(21)18(19)22)9-24-16(26)3-2-6-27-24/h4-5,7-8,10,23H,2-3,6,9H2,1H3. The minimum Gasteiger partial charge on any atom is -0.350 e. The van der Waals surface area contributed by atoms with Gasteiger partial charge in [0.25, 0.3) is 0 Å². The maximum atomic E-state index is 14.6. The monoisotopic (exact) mass is 378 g/mol. The number of aldehydes is 1. The van der Waals surface area contributed by atoms with Gasteiger partial charge in [0.05, 0.1) is 24.5 Å². The molecule has 5 nitrogen and oxygen atoms in total. The van der Waals surface area contributed by atoms with Crippen LogP contribution >= 0.6 is 0 Å². The number of hydrogen-bond donors (Lipinski definition) is 1. The Balaban J connectivity index is 1.95. The molecule has 1 N–H and O–H groups in total. The fourth-order valence-electron chi connectivity index (χ4n) is 2.78. The lowest BCUT2D eigenvalue weighted by Gasteiger charge is -2.26. The molecule has 3 rings (SSSR count). The highest BCUT2D eigenvalue weighted by Crippen LogP contribution is 2.30. The predicted octanol–water partition coefficient (Wildman–Crippen LogP) is 4.02. The lowest BCUT2D eigenvalue weighted by Crippen LogP contribution is -2.35. The van der Waals surface area contributed by atoms with Crippen LogP contribution in [0.2, 0.25) is 0 Å². The van der Waals surface area contributed by atoms with Gasteiger partial charge in [0.15, 0.2) is 17.9 Å². The summed E-state index contributed by atoms with van der Waals surface area (Å²) in [5.41, 5.74) is -0.320. The van der Waals surface area contributed by atoms with Gasteiger partial charge in [0, 0.05) is 17.5 Å². The zero-order chi connectivity index (χ0) is 19.6. The molecule has 27 heavy (non-hydrogen) atoms. The van der Waals surface area contributed by atoms with Gasteiger partial charge in [-0.05, 0) is 37.1 Å². The van der Waals surface area contributed by atoms with E-state index in [-0.39, 0.29) is 35.7 Å². The second-order valence-electron chi connectivity index (χ2n) is 6.22. The summed E-state index contributed by atoms with van der Waals surface area (Å²) in [6.07, 6.45) is 1.13. The number of nitrogens with one attached hydrogen (secondary N) is 1. The molecule has 1 aliphatic rings. The summed E-state index contributed by atoms with van der Waals surface area (Å²) in [4.78, 5) is 28.3. The number of benzene rings is 2. The summed E-state index contributed by atoms with van der Waals surface area (Å²) < 4.78 is 43.1. The van der Waals surface area contributed by atoms with Gasteiger partial charge in [-0.1, -0.05) is 6.07 Å². The van der Waals surface area contributed by atoms with Gasteiger partial charge >= 0.3 is 0 Å². The highest BCUT2D eigenvalue weighted by molar-refractivity contribution is 5.87. The molecule has 1 saturated heterocycles. The van der Waals surface area contributed by atoms with Crippen LogP contribution in [0.1, 0.15) is 34.3 Å². The summed E-state index contributed by atoms with van der Waals surface area (Å²) in [7, 11) is 0. The molecular formula is C19H17F3N2O3. The third-order valence-electron chi connectivity index (χ3n) is 4.20. The molecule has 0 atom stereocenters. The number of hydroxylamine groups is 2. The average molecular weight is 378 g/mol. The maximum absolute atomic E-state index is 14.6. The van der Waals surface area contributed by atoms with Gasteiger partial charge in [-0.25, -0.2) is 18.2 Å². The van der Waals surface area contributed by atoms with E-state index < -0.39 is 23.1 Å². The van der Waals surface area contributed by atoms with E-state index in [2.05, 4.69) is 5.32 Å². The Bertz CT molecular complexity index is 902. The lowest BCUT2D eigenvalue weighted by atomic mass is 10.1.